The fraction of sp³-hybridized carbons (Fsp3) is 0.852. The molecule has 6 nitrogen and oxygen atoms in total. The van der Waals surface area contributed by atoms with Crippen LogP contribution >= 0.6 is 0 Å². The molecule has 0 aliphatic carbocycles. The number of nitrogens with one attached hydrogen (secondary N) is 2. The van der Waals surface area contributed by atoms with E-state index in [0.29, 0.717) is 0 Å². The fourth-order valence-electron chi connectivity index (χ4n) is 3.43. The zero-order valence-electron chi connectivity index (χ0n) is 23.7. The lowest BCUT2D eigenvalue weighted by atomic mass is 9.79. The highest BCUT2D eigenvalue weighted by Crippen LogP contribution is 2.26. The number of rotatable bonds is 10. The maximum absolute atomic E-state index is 13.4. The molecule has 0 saturated carbocycles. The zero-order chi connectivity index (χ0) is 26.8. The van der Waals surface area contributed by atoms with Gasteiger partial charge < -0.3 is 5.32 Å². The molecule has 0 aliphatic rings. The van der Waals surface area contributed by atoms with Gasteiger partial charge in [0.15, 0.2) is 17.3 Å². The Bertz CT molecular complexity index is 738. The average molecular weight is 467 g/mol. The van der Waals surface area contributed by atoms with E-state index in [1.807, 2.05) is 83.1 Å². The molecule has 0 aromatic carbocycles. The third-order valence-corrected chi connectivity index (χ3v) is 5.57. The van der Waals surface area contributed by atoms with E-state index in [2.05, 4.69) is 10.6 Å². The van der Waals surface area contributed by atoms with E-state index >= 15 is 0 Å². The second-order valence-electron chi connectivity index (χ2n) is 14.0. The van der Waals surface area contributed by atoms with Crippen molar-refractivity contribution in [2.75, 3.05) is 0 Å². The lowest BCUT2D eigenvalue weighted by Crippen LogP contribution is -2.59. The highest BCUT2D eigenvalue weighted by molar-refractivity contribution is 5.98. The molecule has 2 unspecified atom stereocenters. The zero-order valence-corrected chi connectivity index (χ0v) is 23.7. The Morgan fingerprint density at radius 1 is 0.515 bits per heavy atom. The molecule has 0 spiro atoms. The van der Waals surface area contributed by atoms with Crippen molar-refractivity contribution in [1.82, 2.24) is 10.6 Å². The van der Waals surface area contributed by atoms with Crippen molar-refractivity contribution < 1.29 is 19.2 Å². The quantitative estimate of drug-likeness (QED) is 0.486. The maximum Gasteiger partial charge on any atom is 0.155 e. The smallest absolute Gasteiger partial charge is 0.155 e. The molecule has 0 radical (unpaired) electrons. The third-order valence-electron chi connectivity index (χ3n) is 5.57. The van der Waals surface area contributed by atoms with Gasteiger partial charge in [-0.15, -0.1) is 0 Å². The second kappa shape index (κ2) is 10.5. The van der Waals surface area contributed by atoms with E-state index in [-0.39, 0.29) is 41.5 Å². The number of carbonyl (C=O) groups excluding carboxylic acids is 4. The highest BCUT2D eigenvalue weighted by atomic mass is 16.2. The van der Waals surface area contributed by atoms with Crippen LogP contribution in [0.15, 0.2) is 0 Å². The Kier molecular flexibility index (Phi) is 10.0. The van der Waals surface area contributed by atoms with Gasteiger partial charge in [-0.1, -0.05) is 62.3 Å². The Balaban J connectivity index is 5.92. The molecule has 6 heteroatoms. The number of carbonyl (C=O) groups is 4. The summed E-state index contributed by atoms with van der Waals surface area (Å²) in [5, 5.41) is 6.49. The molecule has 0 rings (SSSR count). The molecule has 0 fully saturated rings. The highest BCUT2D eigenvalue weighted by Gasteiger charge is 2.41. The summed E-state index contributed by atoms with van der Waals surface area (Å²) in [6.45, 7) is 25.7. The molecule has 2 atom stereocenters. The first-order valence-corrected chi connectivity index (χ1v) is 12.0. The molecule has 0 saturated heterocycles. The van der Waals surface area contributed by atoms with Crippen LogP contribution in [-0.4, -0.2) is 46.3 Å². The van der Waals surface area contributed by atoms with Crippen molar-refractivity contribution in [1.29, 1.82) is 0 Å². The molecular weight excluding hydrogens is 416 g/mol. The van der Waals surface area contributed by atoms with Crippen LogP contribution in [0.25, 0.3) is 0 Å². The number of ketones is 4. The van der Waals surface area contributed by atoms with Gasteiger partial charge in [0, 0.05) is 34.6 Å². The summed E-state index contributed by atoms with van der Waals surface area (Å²) in [6.07, 6.45) is 0.0118. The molecule has 0 aromatic rings. The predicted octanol–water partition coefficient (Wildman–Crippen LogP) is 4.67. The number of hydrogen-bond donors (Lipinski definition) is 2. The summed E-state index contributed by atoms with van der Waals surface area (Å²) in [4.78, 5) is 52.5. The van der Waals surface area contributed by atoms with Crippen LogP contribution in [0.3, 0.4) is 0 Å². The van der Waals surface area contributed by atoms with Crippen LogP contribution in [0.1, 0.15) is 110 Å². The predicted molar refractivity (Wildman–Crippen MR) is 135 cm³/mol. The van der Waals surface area contributed by atoms with E-state index in [1.54, 1.807) is 13.8 Å². The van der Waals surface area contributed by atoms with Gasteiger partial charge in [-0.25, -0.2) is 0 Å². The molecule has 192 valence electrons. The molecule has 2 N–H and O–H groups in total. The molecule has 0 aliphatic heterocycles. The van der Waals surface area contributed by atoms with Gasteiger partial charge in [-0.3, -0.25) is 24.5 Å². The molecule has 0 heterocycles. The topological polar surface area (TPSA) is 92.3 Å². The van der Waals surface area contributed by atoms with Crippen LogP contribution < -0.4 is 10.6 Å². The Labute approximate surface area is 202 Å². The lowest BCUT2D eigenvalue weighted by Gasteiger charge is -2.36. The van der Waals surface area contributed by atoms with Crippen LogP contribution in [0, 0.1) is 16.2 Å². The van der Waals surface area contributed by atoms with Crippen molar-refractivity contribution in [2.24, 2.45) is 16.2 Å². The van der Waals surface area contributed by atoms with Crippen LogP contribution in [0.4, 0.5) is 0 Å². The molecular formula is C27H50N2O4. The Morgan fingerprint density at radius 3 is 1.15 bits per heavy atom. The van der Waals surface area contributed by atoms with Gasteiger partial charge in [0.05, 0.1) is 17.6 Å². The minimum absolute atomic E-state index is 0.00296. The fourth-order valence-corrected chi connectivity index (χ4v) is 3.43. The van der Waals surface area contributed by atoms with E-state index in [9.17, 15) is 19.2 Å². The first-order valence-electron chi connectivity index (χ1n) is 12.0. The average Bonchev–Trinajstić information content (AvgIpc) is 2.55. The summed E-state index contributed by atoms with van der Waals surface area (Å²) in [6, 6.07) is -1.44. The normalized spacial score (nSPS) is 15.7. The van der Waals surface area contributed by atoms with E-state index in [4.69, 9.17) is 0 Å². The second-order valence-corrected chi connectivity index (χ2v) is 14.0. The van der Waals surface area contributed by atoms with Gasteiger partial charge in [0.2, 0.25) is 0 Å². The van der Waals surface area contributed by atoms with Crippen molar-refractivity contribution in [2.45, 2.75) is 133 Å². The summed E-state index contributed by atoms with van der Waals surface area (Å²) < 4.78 is 0. The van der Waals surface area contributed by atoms with Crippen LogP contribution in [0.2, 0.25) is 0 Å². The van der Waals surface area contributed by atoms with Crippen LogP contribution in [0.5, 0.6) is 0 Å². The van der Waals surface area contributed by atoms with Gasteiger partial charge in [-0.2, -0.15) is 0 Å². The summed E-state index contributed by atoms with van der Waals surface area (Å²) in [7, 11) is 0. The van der Waals surface area contributed by atoms with E-state index in [0.717, 1.165) is 0 Å². The first kappa shape index (κ1) is 31.6. The molecule has 0 aromatic heterocycles. The van der Waals surface area contributed by atoms with E-state index < -0.39 is 33.9 Å². The molecule has 0 amide bonds. The minimum Gasteiger partial charge on any atom is -0.302 e. The van der Waals surface area contributed by atoms with Crippen molar-refractivity contribution in [3.8, 4) is 0 Å². The third kappa shape index (κ3) is 10.6. The van der Waals surface area contributed by atoms with Crippen molar-refractivity contribution in [3.63, 3.8) is 0 Å². The lowest BCUT2D eigenvalue weighted by molar-refractivity contribution is -0.136. The minimum atomic E-state index is -1.10. The van der Waals surface area contributed by atoms with Crippen molar-refractivity contribution in [3.05, 3.63) is 0 Å². The SMILES string of the molecule is CC(C)(C)NC(CC(=O)C(C)(C)NC(CC(=O)C(C)(C)C)C(=O)C(C)(C)C)C(=O)C(C)(C)C. The van der Waals surface area contributed by atoms with Gasteiger partial charge in [0.25, 0.3) is 0 Å². The summed E-state index contributed by atoms with van der Waals surface area (Å²) in [5.41, 5.74) is -3.32. The maximum atomic E-state index is 13.4. The van der Waals surface area contributed by atoms with Gasteiger partial charge >= 0.3 is 0 Å². The number of Topliss-reactive ketones (excluding diaryl/α,β-unsaturated/α-hetero) is 4. The Hall–Kier alpha value is -1.40. The first-order chi connectivity index (χ1) is 14.3. The molecule has 33 heavy (non-hydrogen) atoms. The van der Waals surface area contributed by atoms with Crippen molar-refractivity contribution >= 4 is 23.1 Å². The molecule has 0 bridgehead atoms. The largest absolute Gasteiger partial charge is 0.302 e. The van der Waals surface area contributed by atoms with Gasteiger partial charge in [0.1, 0.15) is 5.78 Å². The Morgan fingerprint density at radius 2 is 0.848 bits per heavy atom. The van der Waals surface area contributed by atoms with Crippen LogP contribution in [-0.2, 0) is 19.2 Å². The summed E-state index contributed by atoms with van der Waals surface area (Å²) in [5.74, 6) is -0.379. The standard InChI is InChI=1S/C27H50N2O4/c1-23(2,3)19(30)15-18(22(33)25(7,8)9)29-27(13,14)20(31)16-17(28-26(10,11)12)21(32)24(4,5)6/h17-18,28-29H,15-16H2,1-14H3. The van der Waals surface area contributed by atoms with Gasteiger partial charge in [-0.05, 0) is 34.6 Å². The number of hydrogen-bond acceptors (Lipinski definition) is 6. The van der Waals surface area contributed by atoms with E-state index in [1.165, 1.54) is 0 Å². The summed E-state index contributed by atoms with van der Waals surface area (Å²) >= 11 is 0. The monoisotopic (exact) mass is 466 g/mol.